The number of hydrogen-bond acceptors (Lipinski definition) is 6. The van der Waals surface area contributed by atoms with Crippen LogP contribution in [0, 0.1) is 23.2 Å². The highest BCUT2D eigenvalue weighted by molar-refractivity contribution is 5.99. The lowest BCUT2D eigenvalue weighted by Gasteiger charge is -2.10. The van der Waals surface area contributed by atoms with E-state index in [1.807, 2.05) is 6.07 Å². The maximum Gasteiger partial charge on any atom is 0.424 e. The number of benzene rings is 2. The molecule has 8 heteroatoms. The van der Waals surface area contributed by atoms with Crippen LogP contribution in [-0.2, 0) is 4.79 Å². The summed E-state index contributed by atoms with van der Waals surface area (Å²) < 4.78 is 6.76. The molecule has 1 amide bonds. The van der Waals surface area contributed by atoms with E-state index in [0.717, 1.165) is 5.39 Å². The number of carbonyl (C=O) groups is 1. The van der Waals surface area contributed by atoms with Crippen molar-refractivity contribution in [1.29, 1.82) is 5.26 Å². The number of nitrogens with one attached hydrogen (secondary N) is 1. The molecule has 1 fully saturated rings. The zero-order valence-electron chi connectivity index (χ0n) is 15.1. The van der Waals surface area contributed by atoms with Gasteiger partial charge in [0, 0.05) is 17.3 Å². The number of amides is 1. The third-order valence-electron chi connectivity index (χ3n) is 5.14. The van der Waals surface area contributed by atoms with E-state index in [1.165, 1.54) is 4.57 Å². The molecule has 2 aromatic carbocycles. The first-order valence-electron chi connectivity index (χ1n) is 9.06. The molecule has 5 rings (SSSR count). The summed E-state index contributed by atoms with van der Waals surface area (Å²) in [6.45, 7) is 0. The summed E-state index contributed by atoms with van der Waals surface area (Å²) in [7, 11) is 0. The third kappa shape index (κ3) is 2.80. The minimum atomic E-state index is -0.510. The van der Waals surface area contributed by atoms with E-state index in [0.29, 0.717) is 40.1 Å². The van der Waals surface area contributed by atoms with Gasteiger partial charge >= 0.3 is 5.76 Å². The van der Waals surface area contributed by atoms with Crippen molar-refractivity contribution in [3.8, 4) is 11.8 Å². The maximum absolute atomic E-state index is 12.4. The Hall–Kier alpha value is -4.12. The monoisotopic (exact) mass is 385 g/mol. The fourth-order valence-corrected chi connectivity index (χ4v) is 3.52. The van der Waals surface area contributed by atoms with Crippen molar-refractivity contribution in [1.82, 2.24) is 9.55 Å². The SMILES string of the molecule is N#C[C@H]1C[C@@H]1C(=O)Nc1cc2cc(-n3c(=O)oc4ccccc43)cc(N)c2cn1. The van der Waals surface area contributed by atoms with Gasteiger partial charge in [0.15, 0.2) is 5.58 Å². The molecular weight excluding hydrogens is 370 g/mol. The average molecular weight is 385 g/mol. The van der Waals surface area contributed by atoms with Gasteiger partial charge in [-0.05, 0) is 42.1 Å². The number of nitriles is 1. The summed E-state index contributed by atoms with van der Waals surface area (Å²) in [5.74, 6) is -0.871. The Labute approximate surface area is 164 Å². The van der Waals surface area contributed by atoms with Crippen LogP contribution in [0.5, 0.6) is 0 Å². The van der Waals surface area contributed by atoms with E-state index < -0.39 is 5.76 Å². The van der Waals surface area contributed by atoms with E-state index in [-0.39, 0.29) is 17.7 Å². The molecule has 2 atom stereocenters. The molecule has 1 aliphatic carbocycles. The van der Waals surface area contributed by atoms with Crippen molar-refractivity contribution in [3.63, 3.8) is 0 Å². The van der Waals surface area contributed by atoms with Crippen LogP contribution in [0.1, 0.15) is 6.42 Å². The van der Waals surface area contributed by atoms with E-state index in [4.69, 9.17) is 15.4 Å². The summed E-state index contributed by atoms with van der Waals surface area (Å²) in [5, 5.41) is 13.1. The number of carbonyl (C=O) groups excluding carboxylic acids is 1. The molecule has 0 aliphatic heterocycles. The van der Waals surface area contributed by atoms with Gasteiger partial charge in [-0.15, -0.1) is 0 Å². The summed E-state index contributed by atoms with van der Waals surface area (Å²) >= 11 is 0. The average Bonchev–Trinajstić information content (AvgIpc) is 3.42. The summed E-state index contributed by atoms with van der Waals surface area (Å²) in [4.78, 5) is 28.9. The molecule has 1 saturated carbocycles. The first-order valence-corrected chi connectivity index (χ1v) is 9.06. The first kappa shape index (κ1) is 17.0. The van der Waals surface area contributed by atoms with Gasteiger partial charge in [0.25, 0.3) is 0 Å². The number of nitrogens with zero attached hydrogens (tertiary/aromatic N) is 3. The molecule has 0 saturated heterocycles. The van der Waals surface area contributed by atoms with Crippen LogP contribution in [0.2, 0.25) is 0 Å². The quantitative estimate of drug-likeness (QED) is 0.522. The number of nitrogens with two attached hydrogens (primary N) is 1. The fourth-order valence-electron chi connectivity index (χ4n) is 3.52. The van der Waals surface area contributed by atoms with Crippen molar-refractivity contribution in [2.75, 3.05) is 11.1 Å². The zero-order chi connectivity index (χ0) is 20.1. The van der Waals surface area contributed by atoms with Crippen molar-refractivity contribution in [2.24, 2.45) is 11.8 Å². The topological polar surface area (TPSA) is 127 Å². The smallest absolute Gasteiger partial charge is 0.407 e. The van der Waals surface area contributed by atoms with Crippen LogP contribution in [-0.4, -0.2) is 15.5 Å². The van der Waals surface area contributed by atoms with Gasteiger partial charge < -0.3 is 15.5 Å². The molecule has 0 unspecified atom stereocenters. The number of aromatic nitrogens is 2. The van der Waals surface area contributed by atoms with Gasteiger partial charge in [0.2, 0.25) is 5.91 Å². The van der Waals surface area contributed by atoms with E-state index in [2.05, 4.69) is 16.4 Å². The van der Waals surface area contributed by atoms with E-state index >= 15 is 0 Å². The second kappa shape index (κ2) is 6.21. The molecule has 0 radical (unpaired) electrons. The Bertz CT molecular complexity index is 1400. The van der Waals surface area contributed by atoms with E-state index in [1.54, 1.807) is 42.6 Å². The standard InChI is InChI=1S/C21H15N5O3/c22-9-12-6-14(12)20(27)25-19-7-11-5-13(8-16(23)15(11)10-24-19)26-17-3-1-2-4-18(17)29-21(26)28/h1-5,7-8,10,12,14H,6,23H2,(H,24,25,27)/t12-,14+/m1/s1. The van der Waals surface area contributed by atoms with Crippen LogP contribution in [0.25, 0.3) is 27.6 Å². The second-order valence-corrected chi connectivity index (χ2v) is 7.06. The number of anilines is 2. The Morgan fingerprint density at radius 3 is 2.93 bits per heavy atom. The highest BCUT2D eigenvalue weighted by Crippen LogP contribution is 2.38. The van der Waals surface area contributed by atoms with Crippen LogP contribution in [0.4, 0.5) is 11.5 Å². The van der Waals surface area contributed by atoms with Gasteiger partial charge in [-0.1, -0.05) is 12.1 Å². The lowest BCUT2D eigenvalue weighted by Crippen LogP contribution is -2.15. The molecule has 1 aliphatic rings. The van der Waals surface area contributed by atoms with E-state index in [9.17, 15) is 9.59 Å². The Kier molecular flexibility index (Phi) is 3.64. The fraction of sp³-hybridized carbons (Fsp3) is 0.143. The molecule has 142 valence electrons. The summed E-state index contributed by atoms with van der Waals surface area (Å²) in [6, 6.07) is 14.4. The normalized spacial score (nSPS) is 17.9. The van der Waals surface area contributed by atoms with Gasteiger partial charge in [-0.3, -0.25) is 4.79 Å². The number of nitrogen functional groups attached to an aromatic ring is 1. The number of pyridine rings is 1. The third-order valence-corrected chi connectivity index (χ3v) is 5.14. The van der Waals surface area contributed by atoms with Gasteiger partial charge in [-0.2, -0.15) is 5.26 Å². The minimum absolute atomic E-state index is 0.218. The van der Waals surface area contributed by atoms with Crippen LogP contribution < -0.4 is 16.8 Å². The predicted octanol–water partition coefficient (Wildman–Crippen LogP) is 2.81. The Morgan fingerprint density at radius 2 is 2.14 bits per heavy atom. The van der Waals surface area contributed by atoms with Crippen molar-refractivity contribution >= 4 is 39.3 Å². The lowest BCUT2D eigenvalue weighted by molar-refractivity contribution is -0.117. The molecule has 0 spiro atoms. The largest absolute Gasteiger partial charge is 0.424 e. The molecule has 3 N–H and O–H groups in total. The van der Waals surface area contributed by atoms with Crippen LogP contribution >= 0.6 is 0 Å². The Morgan fingerprint density at radius 1 is 1.31 bits per heavy atom. The highest BCUT2D eigenvalue weighted by atomic mass is 16.4. The summed E-state index contributed by atoms with van der Waals surface area (Å²) in [6.07, 6.45) is 2.15. The number of para-hydroxylation sites is 2. The van der Waals surface area contributed by atoms with Gasteiger partial charge in [-0.25, -0.2) is 14.3 Å². The van der Waals surface area contributed by atoms with Gasteiger partial charge in [0.05, 0.1) is 29.1 Å². The molecule has 2 aromatic heterocycles. The molecule has 2 heterocycles. The van der Waals surface area contributed by atoms with Crippen LogP contribution in [0.15, 0.2) is 57.9 Å². The Balaban J connectivity index is 1.58. The highest BCUT2D eigenvalue weighted by Gasteiger charge is 2.43. The van der Waals surface area contributed by atoms with Crippen LogP contribution in [0.3, 0.4) is 0 Å². The molecule has 4 aromatic rings. The maximum atomic E-state index is 12.4. The number of oxazole rings is 1. The van der Waals surface area contributed by atoms with Crippen molar-refractivity contribution in [2.45, 2.75) is 6.42 Å². The predicted molar refractivity (Wildman–Crippen MR) is 107 cm³/mol. The van der Waals surface area contributed by atoms with Crippen molar-refractivity contribution in [3.05, 3.63) is 59.2 Å². The summed E-state index contributed by atoms with van der Waals surface area (Å²) in [5.41, 5.74) is 8.32. The number of rotatable bonds is 3. The van der Waals surface area contributed by atoms with Crippen molar-refractivity contribution < 1.29 is 9.21 Å². The molecule has 8 nitrogen and oxygen atoms in total. The second-order valence-electron chi connectivity index (χ2n) is 7.06. The molecule has 29 heavy (non-hydrogen) atoms. The molecular formula is C21H15N5O3. The molecule has 0 bridgehead atoms. The van der Waals surface area contributed by atoms with Gasteiger partial charge in [0.1, 0.15) is 5.82 Å². The minimum Gasteiger partial charge on any atom is -0.407 e. The lowest BCUT2D eigenvalue weighted by atomic mass is 10.1. The zero-order valence-corrected chi connectivity index (χ0v) is 15.1. The number of fused-ring (bicyclic) bond motifs is 2. The first-order chi connectivity index (χ1) is 14.0. The number of hydrogen-bond donors (Lipinski definition) is 2.